The van der Waals surface area contributed by atoms with Crippen LogP contribution in [0.15, 0.2) is 15.9 Å². The van der Waals surface area contributed by atoms with Crippen LogP contribution in [-0.2, 0) is 11.3 Å². The third-order valence-electron chi connectivity index (χ3n) is 1.51. The largest absolute Gasteiger partial charge is 0.355 e. The van der Waals surface area contributed by atoms with E-state index in [1.54, 1.807) is 6.92 Å². The molecule has 1 aromatic heterocycles. The molecule has 0 saturated heterocycles. The Labute approximate surface area is 78.8 Å². The van der Waals surface area contributed by atoms with Gasteiger partial charge < -0.3 is 5.32 Å². The molecule has 1 aromatic rings. The van der Waals surface area contributed by atoms with Crippen LogP contribution >= 0.6 is 0 Å². The second kappa shape index (κ2) is 4.35. The van der Waals surface area contributed by atoms with E-state index in [1.165, 1.54) is 0 Å². The maximum absolute atomic E-state index is 11.1. The molecule has 0 aromatic carbocycles. The van der Waals surface area contributed by atoms with E-state index in [1.807, 2.05) is 5.10 Å². The van der Waals surface area contributed by atoms with Gasteiger partial charge in [-0.25, -0.2) is 5.10 Å². The van der Waals surface area contributed by atoms with Gasteiger partial charge in [-0.3, -0.25) is 19.0 Å². The number of rotatable bonds is 3. The van der Waals surface area contributed by atoms with Crippen molar-refractivity contribution in [1.82, 2.24) is 20.1 Å². The number of carbonyl (C=O) groups excluding carboxylic acids is 1. The molecule has 14 heavy (non-hydrogen) atoms. The summed E-state index contributed by atoms with van der Waals surface area (Å²) in [6, 6.07) is 0. The van der Waals surface area contributed by atoms with Crippen molar-refractivity contribution in [1.29, 1.82) is 0 Å². The summed E-state index contributed by atoms with van der Waals surface area (Å²) in [6.07, 6.45) is 1.11. The van der Waals surface area contributed by atoms with Crippen molar-refractivity contribution in [3.63, 3.8) is 0 Å². The lowest BCUT2D eigenvalue weighted by Crippen LogP contribution is -2.40. The summed E-state index contributed by atoms with van der Waals surface area (Å²) in [5.41, 5.74) is -1.62. The van der Waals surface area contributed by atoms with Crippen molar-refractivity contribution in [2.24, 2.45) is 0 Å². The fourth-order valence-corrected chi connectivity index (χ4v) is 0.908. The predicted molar refractivity (Wildman–Crippen MR) is 47.8 cm³/mol. The summed E-state index contributed by atoms with van der Waals surface area (Å²) >= 11 is 0. The average molecular weight is 198 g/mol. The Bertz CT molecular complexity index is 433. The zero-order valence-electron chi connectivity index (χ0n) is 7.61. The summed E-state index contributed by atoms with van der Waals surface area (Å²) in [5.74, 6) is -0.331. The number of likely N-dealkylation sites (N-methyl/N-ethyl adjacent to an activating group) is 1. The number of H-pyrrole nitrogens is 1. The van der Waals surface area contributed by atoms with E-state index in [0.29, 0.717) is 6.54 Å². The van der Waals surface area contributed by atoms with Gasteiger partial charge in [0.25, 0.3) is 0 Å². The number of hydrogen-bond acceptors (Lipinski definition) is 4. The molecular formula is C7H10N4O3. The monoisotopic (exact) mass is 198 g/mol. The number of nitrogens with zero attached hydrogens (tertiary/aromatic N) is 2. The Morgan fingerprint density at radius 2 is 2.36 bits per heavy atom. The van der Waals surface area contributed by atoms with Gasteiger partial charge in [-0.05, 0) is 6.92 Å². The first-order valence-corrected chi connectivity index (χ1v) is 4.06. The Morgan fingerprint density at radius 3 is 3.00 bits per heavy atom. The number of aromatic amines is 1. The van der Waals surface area contributed by atoms with Crippen LogP contribution in [0.25, 0.3) is 0 Å². The molecule has 76 valence electrons. The Balaban J connectivity index is 2.88. The first kappa shape index (κ1) is 10.2. The Hall–Kier alpha value is -1.92. The molecule has 0 radical (unpaired) electrons. The maximum atomic E-state index is 11.1. The minimum Gasteiger partial charge on any atom is -0.355 e. The first-order valence-electron chi connectivity index (χ1n) is 4.06. The molecule has 0 atom stereocenters. The van der Waals surface area contributed by atoms with Gasteiger partial charge in [0.1, 0.15) is 12.9 Å². The highest BCUT2D eigenvalue weighted by Gasteiger charge is 2.04. The molecule has 2 N–H and O–H groups in total. The van der Waals surface area contributed by atoms with E-state index < -0.39 is 11.1 Å². The highest BCUT2D eigenvalue weighted by atomic mass is 16.2. The normalized spacial score (nSPS) is 9.79. The number of aromatic nitrogens is 3. The molecule has 1 rings (SSSR count). The van der Waals surface area contributed by atoms with E-state index in [9.17, 15) is 14.4 Å². The second-order valence-corrected chi connectivity index (χ2v) is 2.57. The van der Waals surface area contributed by atoms with Crippen LogP contribution in [0.5, 0.6) is 0 Å². The minimum atomic E-state index is -0.836. The number of amides is 1. The fourth-order valence-electron chi connectivity index (χ4n) is 0.908. The van der Waals surface area contributed by atoms with E-state index in [-0.39, 0.29) is 12.5 Å². The lowest BCUT2D eigenvalue weighted by atomic mass is 10.5. The quantitative estimate of drug-likeness (QED) is 0.552. The highest BCUT2D eigenvalue weighted by molar-refractivity contribution is 5.75. The van der Waals surface area contributed by atoms with Gasteiger partial charge >= 0.3 is 11.1 Å². The highest BCUT2D eigenvalue weighted by Crippen LogP contribution is 1.74. The molecule has 1 heterocycles. The molecule has 0 aliphatic rings. The molecule has 0 saturated carbocycles. The van der Waals surface area contributed by atoms with E-state index >= 15 is 0 Å². The van der Waals surface area contributed by atoms with E-state index in [0.717, 1.165) is 10.9 Å². The zero-order valence-corrected chi connectivity index (χ0v) is 7.61. The lowest BCUT2D eigenvalue weighted by Gasteiger charge is -2.02. The SMILES string of the molecule is CCNC(=O)Cn1cn[nH]c(=O)c1=O. The molecule has 0 aliphatic heterocycles. The predicted octanol–water partition coefficient (Wildman–Crippen LogP) is -1.93. The lowest BCUT2D eigenvalue weighted by molar-refractivity contribution is -0.121. The Kier molecular flexibility index (Phi) is 3.16. The van der Waals surface area contributed by atoms with E-state index in [2.05, 4.69) is 10.4 Å². The number of carbonyl (C=O) groups is 1. The molecular weight excluding hydrogens is 188 g/mol. The summed E-state index contributed by atoms with van der Waals surface area (Å²) < 4.78 is 0.948. The molecule has 7 nitrogen and oxygen atoms in total. The van der Waals surface area contributed by atoms with Crippen LogP contribution in [0.1, 0.15) is 6.92 Å². The fraction of sp³-hybridized carbons (Fsp3) is 0.429. The molecule has 0 spiro atoms. The standard InChI is InChI=1S/C7H10N4O3/c1-2-8-5(12)3-11-4-9-10-6(13)7(11)14/h4H,2-3H2,1H3,(H,8,12)(H,10,13). The molecule has 0 fully saturated rings. The van der Waals surface area contributed by atoms with Crippen LogP contribution in [0.3, 0.4) is 0 Å². The molecule has 7 heteroatoms. The van der Waals surface area contributed by atoms with Crippen LogP contribution in [0.4, 0.5) is 0 Å². The third kappa shape index (κ3) is 2.28. The molecule has 0 bridgehead atoms. The number of hydrogen-bond donors (Lipinski definition) is 2. The van der Waals surface area contributed by atoms with Crippen molar-refractivity contribution in [3.8, 4) is 0 Å². The van der Waals surface area contributed by atoms with Crippen molar-refractivity contribution < 1.29 is 4.79 Å². The summed E-state index contributed by atoms with van der Waals surface area (Å²) in [4.78, 5) is 33.0. The summed E-state index contributed by atoms with van der Waals surface area (Å²) in [5, 5.41) is 7.88. The van der Waals surface area contributed by atoms with Gasteiger partial charge in [0.05, 0.1) is 0 Å². The summed E-state index contributed by atoms with van der Waals surface area (Å²) in [6.45, 7) is 2.05. The van der Waals surface area contributed by atoms with Gasteiger partial charge in [0, 0.05) is 6.54 Å². The minimum absolute atomic E-state index is 0.191. The molecule has 1 amide bonds. The van der Waals surface area contributed by atoms with Gasteiger partial charge in [-0.2, -0.15) is 5.10 Å². The van der Waals surface area contributed by atoms with Crippen molar-refractivity contribution in [3.05, 3.63) is 27.0 Å². The summed E-state index contributed by atoms with van der Waals surface area (Å²) in [7, 11) is 0. The van der Waals surface area contributed by atoms with Gasteiger partial charge in [0.2, 0.25) is 5.91 Å². The van der Waals surface area contributed by atoms with Crippen molar-refractivity contribution in [2.75, 3.05) is 6.54 Å². The van der Waals surface area contributed by atoms with Gasteiger partial charge in [-0.1, -0.05) is 0 Å². The average Bonchev–Trinajstić information content (AvgIpc) is 2.13. The topological polar surface area (TPSA) is 96.8 Å². The maximum Gasteiger partial charge on any atom is 0.330 e. The van der Waals surface area contributed by atoms with E-state index in [4.69, 9.17) is 0 Å². The molecule has 0 aliphatic carbocycles. The van der Waals surface area contributed by atoms with Crippen LogP contribution < -0.4 is 16.4 Å². The van der Waals surface area contributed by atoms with Crippen molar-refractivity contribution >= 4 is 5.91 Å². The Morgan fingerprint density at radius 1 is 1.64 bits per heavy atom. The van der Waals surface area contributed by atoms with Gasteiger partial charge in [-0.15, -0.1) is 0 Å². The van der Waals surface area contributed by atoms with Crippen LogP contribution in [-0.4, -0.2) is 27.2 Å². The van der Waals surface area contributed by atoms with Crippen molar-refractivity contribution in [2.45, 2.75) is 13.5 Å². The second-order valence-electron chi connectivity index (χ2n) is 2.57. The molecule has 0 unspecified atom stereocenters. The smallest absolute Gasteiger partial charge is 0.330 e. The third-order valence-corrected chi connectivity index (χ3v) is 1.51. The van der Waals surface area contributed by atoms with Crippen LogP contribution in [0, 0.1) is 0 Å². The zero-order chi connectivity index (χ0) is 10.6. The van der Waals surface area contributed by atoms with Gasteiger partial charge in [0.15, 0.2) is 0 Å². The number of nitrogens with one attached hydrogen (secondary N) is 2. The first-order chi connectivity index (χ1) is 6.65. The van der Waals surface area contributed by atoms with Crippen LogP contribution in [0.2, 0.25) is 0 Å².